The van der Waals surface area contributed by atoms with Gasteiger partial charge in [0.05, 0.1) is 43.3 Å². The van der Waals surface area contributed by atoms with Gasteiger partial charge in [0.1, 0.15) is 11.6 Å². The molecule has 29 heteroatoms. The van der Waals surface area contributed by atoms with Crippen LogP contribution in [-0.2, 0) is 19.7 Å². The number of benzene rings is 2. The summed E-state index contributed by atoms with van der Waals surface area (Å²) in [6.07, 6.45) is 3.22. The van der Waals surface area contributed by atoms with Crippen molar-refractivity contribution in [1.29, 1.82) is 0 Å². The van der Waals surface area contributed by atoms with E-state index < -0.39 is 59.3 Å². The van der Waals surface area contributed by atoms with Crippen LogP contribution in [0, 0.1) is 32.6 Å². The standard InChI is InChI=1S/C16H13BrFN5O5S.C10H3BrFN5O5.C6H11NO2S/c17-10-3-9(1-2-11(10)18)23-14(22-27-15(23)24)12-13(21-28-20-12)19-8-4-16(5-8)6-29(25,26)7-16;11-5-3-4(1-2-6(5)12)16-8(14-21-10(16)18)7-9(17(19)20)15-22-13-7;7-5-1-6(2-5)3-10(8,9)4-6/h1-3,8H,4-7H2,(H,19,21);1-3H;5H,1-4,7H2. The highest BCUT2D eigenvalue weighted by Gasteiger charge is 2.57. The van der Waals surface area contributed by atoms with Crippen molar-refractivity contribution in [3.8, 4) is 34.4 Å². The molecule has 6 heterocycles. The molecule has 0 radical (unpaired) electrons. The Morgan fingerprint density at radius 1 is 0.738 bits per heavy atom. The van der Waals surface area contributed by atoms with Crippen LogP contribution >= 0.6 is 31.9 Å². The third kappa shape index (κ3) is 8.30. The lowest BCUT2D eigenvalue weighted by molar-refractivity contribution is -0.390. The minimum absolute atomic E-state index is 0.00295. The van der Waals surface area contributed by atoms with Crippen LogP contribution in [0.25, 0.3) is 34.4 Å². The average molecular weight is 1020 g/mol. The summed E-state index contributed by atoms with van der Waals surface area (Å²) in [6, 6.07) is 7.92. The van der Waals surface area contributed by atoms with E-state index in [1.807, 2.05) is 0 Å². The summed E-state index contributed by atoms with van der Waals surface area (Å²) in [7, 11) is -5.52. The van der Waals surface area contributed by atoms with Crippen molar-refractivity contribution in [2.45, 2.75) is 37.8 Å². The van der Waals surface area contributed by atoms with Crippen LogP contribution in [0.15, 0.2) is 73.2 Å². The number of halogens is 4. The number of nitrogens with two attached hydrogens (primary N) is 1. The lowest BCUT2D eigenvalue weighted by Crippen LogP contribution is -2.60. The van der Waals surface area contributed by atoms with Crippen molar-refractivity contribution in [3.05, 3.63) is 88.2 Å². The fourth-order valence-electron chi connectivity index (χ4n) is 7.96. The first kappa shape index (κ1) is 42.2. The van der Waals surface area contributed by atoms with E-state index in [2.05, 4.69) is 77.3 Å². The van der Waals surface area contributed by atoms with E-state index in [9.17, 15) is 45.3 Å². The average Bonchev–Trinajstić information content (AvgIpc) is 3.95. The van der Waals surface area contributed by atoms with Crippen molar-refractivity contribution in [3.63, 3.8) is 0 Å². The van der Waals surface area contributed by atoms with E-state index in [-0.39, 0.29) is 72.2 Å². The predicted octanol–water partition coefficient (Wildman–Crippen LogP) is 2.97. The monoisotopic (exact) mass is 1020 g/mol. The Balaban J connectivity index is 0.000000141. The summed E-state index contributed by atoms with van der Waals surface area (Å²) in [5, 5.41) is 35.3. The molecule has 0 atom stereocenters. The van der Waals surface area contributed by atoms with Crippen LogP contribution in [0.2, 0.25) is 0 Å². The van der Waals surface area contributed by atoms with Crippen LogP contribution in [0.3, 0.4) is 0 Å². The number of nitrogens with one attached hydrogen (secondary N) is 1. The van der Waals surface area contributed by atoms with Crippen molar-refractivity contribution < 1.29 is 48.8 Å². The third-order valence-corrected chi connectivity index (χ3v) is 15.7. The molecule has 2 saturated heterocycles. The van der Waals surface area contributed by atoms with E-state index in [4.69, 9.17) is 14.9 Å². The number of hydrogen-bond donors (Lipinski definition) is 2. The molecule has 4 fully saturated rings. The highest BCUT2D eigenvalue weighted by atomic mass is 79.9. The van der Waals surface area contributed by atoms with E-state index in [1.54, 1.807) is 0 Å². The Labute approximate surface area is 355 Å². The second kappa shape index (κ2) is 15.4. The molecule has 3 N–H and O–H groups in total. The fourth-order valence-corrected chi connectivity index (χ4v) is 13.2. The third-order valence-electron chi connectivity index (χ3n) is 10.3. The van der Waals surface area contributed by atoms with Crippen LogP contribution in [0.5, 0.6) is 0 Å². The molecule has 0 unspecified atom stereocenters. The quantitative estimate of drug-likeness (QED) is 0.171. The van der Waals surface area contributed by atoms with Gasteiger partial charge in [0.15, 0.2) is 30.5 Å². The molecule has 2 aromatic carbocycles. The van der Waals surface area contributed by atoms with Gasteiger partial charge in [-0.1, -0.05) is 10.3 Å². The molecule has 0 amide bonds. The maximum absolute atomic E-state index is 13.6. The lowest BCUT2D eigenvalue weighted by Gasteiger charge is -2.53. The highest BCUT2D eigenvalue weighted by molar-refractivity contribution is 9.10. The molecule has 2 aliphatic heterocycles. The Morgan fingerprint density at radius 3 is 1.66 bits per heavy atom. The molecule has 0 bridgehead atoms. The Morgan fingerprint density at radius 2 is 1.20 bits per heavy atom. The normalized spacial score (nSPS) is 19.0. The number of sulfone groups is 2. The van der Waals surface area contributed by atoms with Gasteiger partial charge in [-0.3, -0.25) is 9.05 Å². The largest absolute Gasteiger partial charge is 0.446 e. The Bertz CT molecular complexity index is 3020. The summed E-state index contributed by atoms with van der Waals surface area (Å²) in [6.45, 7) is 0. The van der Waals surface area contributed by atoms with Crippen LogP contribution in [-0.4, -0.2) is 96.9 Å². The Kier molecular flexibility index (Phi) is 10.7. The first-order valence-corrected chi connectivity index (χ1v) is 22.8. The number of aromatic nitrogens is 8. The van der Waals surface area contributed by atoms with Gasteiger partial charge in [-0.15, -0.1) is 4.63 Å². The molecule has 4 aromatic heterocycles. The van der Waals surface area contributed by atoms with Gasteiger partial charge in [-0.05, 0) is 114 Å². The number of hydrogen-bond acceptors (Lipinski definition) is 20. The van der Waals surface area contributed by atoms with E-state index in [0.29, 0.717) is 30.0 Å². The first-order chi connectivity index (χ1) is 28.8. The topological polar surface area (TPSA) is 323 Å². The molecule has 10 rings (SSSR count). The summed E-state index contributed by atoms with van der Waals surface area (Å²) in [5.74, 6) is -2.27. The molecule has 2 saturated carbocycles. The second-order valence-corrected chi connectivity index (χ2v) is 20.9. The first-order valence-electron chi connectivity index (χ1n) is 17.6. The van der Waals surface area contributed by atoms with Crippen LogP contribution in [0.1, 0.15) is 25.7 Å². The molecule has 23 nitrogen and oxygen atoms in total. The predicted molar refractivity (Wildman–Crippen MR) is 209 cm³/mol. The minimum Gasteiger partial charge on any atom is -0.362 e. The van der Waals surface area contributed by atoms with Crippen LogP contribution < -0.4 is 22.6 Å². The van der Waals surface area contributed by atoms with E-state index in [1.165, 1.54) is 30.3 Å². The van der Waals surface area contributed by atoms with Crippen molar-refractivity contribution in [1.82, 2.24) is 40.1 Å². The number of nitro groups is 1. The van der Waals surface area contributed by atoms with E-state index >= 15 is 0 Å². The van der Waals surface area contributed by atoms with Gasteiger partial charge in [0, 0.05) is 22.9 Å². The van der Waals surface area contributed by atoms with Crippen LogP contribution in [0.4, 0.5) is 20.4 Å². The maximum atomic E-state index is 13.6. The molecule has 61 heavy (non-hydrogen) atoms. The fraction of sp³-hybridized carbons (Fsp3) is 0.375. The smallest absolute Gasteiger partial charge is 0.362 e. The van der Waals surface area contributed by atoms with Crippen molar-refractivity contribution >= 4 is 63.2 Å². The lowest BCUT2D eigenvalue weighted by atomic mass is 9.67. The number of anilines is 1. The van der Waals surface area contributed by atoms with Gasteiger partial charge < -0.3 is 21.2 Å². The summed E-state index contributed by atoms with van der Waals surface area (Å²) < 4.78 is 91.9. The van der Waals surface area contributed by atoms with Gasteiger partial charge in [-0.2, -0.15) is 0 Å². The van der Waals surface area contributed by atoms with Crippen molar-refractivity contribution in [2.24, 2.45) is 16.6 Å². The van der Waals surface area contributed by atoms with Gasteiger partial charge in [-0.25, -0.2) is 49.0 Å². The summed E-state index contributed by atoms with van der Waals surface area (Å²) >= 11 is 6.05. The highest BCUT2D eigenvalue weighted by Crippen LogP contribution is 2.51. The molecular formula is C32H27Br2F2N11O12S2. The second-order valence-electron chi connectivity index (χ2n) is 15.0. The molecule has 6 aromatic rings. The van der Waals surface area contributed by atoms with Crippen molar-refractivity contribution in [2.75, 3.05) is 28.3 Å². The Hall–Kier alpha value is -5.52. The zero-order valence-electron chi connectivity index (χ0n) is 30.6. The molecular weight excluding hydrogens is 992 g/mol. The molecule has 2 aliphatic carbocycles. The number of nitrogens with zero attached hydrogens (tertiary/aromatic N) is 9. The van der Waals surface area contributed by atoms with E-state index in [0.717, 1.165) is 28.0 Å². The summed E-state index contributed by atoms with van der Waals surface area (Å²) in [4.78, 5) is 34.0. The summed E-state index contributed by atoms with van der Waals surface area (Å²) in [5.41, 5.74) is 5.78. The maximum Gasteiger partial charge on any atom is 0.446 e. The zero-order chi connectivity index (χ0) is 43.6. The minimum atomic E-state index is -2.89. The zero-order valence-corrected chi connectivity index (χ0v) is 35.4. The van der Waals surface area contributed by atoms with Gasteiger partial charge >= 0.3 is 17.3 Å². The van der Waals surface area contributed by atoms with Gasteiger partial charge in [0.25, 0.3) is 5.69 Å². The van der Waals surface area contributed by atoms with Gasteiger partial charge in [0.2, 0.25) is 17.5 Å². The molecule has 322 valence electrons. The molecule has 4 aliphatic rings. The molecule has 2 spiro atoms. The number of rotatable bonds is 7. The SMILES string of the molecule is NC1CC2(C1)CS(=O)(=O)C2.O=c1onc(-c2nonc2NC2CC3(C2)CS(=O)(=O)C3)n1-c1ccc(F)c(Br)c1.O=c1onc(-c2nonc2[N+](=O)[O-])n1-c1ccc(F)c(Br)c1.